The zero-order chi connectivity index (χ0) is 9.68. The van der Waals surface area contributed by atoms with E-state index in [1.807, 2.05) is 37.3 Å². The fraction of sp³-hybridized carbons (Fsp3) is 0.333. The summed E-state index contributed by atoms with van der Waals surface area (Å²) in [6, 6.07) is 9.56. The van der Waals surface area contributed by atoms with Crippen molar-refractivity contribution in [2.24, 2.45) is 0 Å². The third-order valence-corrected chi connectivity index (χ3v) is 2.35. The van der Waals surface area contributed by atoms with Crippen LogP contribution in [0.1, 0.15) is 18.6 Å². The summed E-state index contributed by atoms with van der Waals surface area (Å²) < 4.78 is 20.4. The van der Waals surface area contributed by atoms with Crippen LogP contribution in [0.5, 0.6) is 0 Å². The highest BCUT2D eigenvalue weighted by molar-refractivity contribution is 7.75. The molecule has 0 saturated heterocycles. The summed E-state index contributed by atoms with van der Waals surface area (Å²) in [5.41, 5.74) is 0.980. The van der Waals surface area contributed by atoms with E-state index in [2.05, 4.69) is 4.18 Å². The maximum Gasteiger partial charge on any atom is 0.304 e. The Morgan fingerprint density at radius 2 is 1.92 bits per heavy atom. The smallest absolute Gasteiger partial charge is 0.272 e. The van der Waals surface area contributed by atoms with Gasteiger partial charge in [0.05, 0.1) is 13.2 Å². The Bertz CT molecular complexity index is 273. The topological polar surface area (TPSA) is 35.5 Å². The van der Waals surface area contributed by atoms with Crippen molar-refractivity contribution in [2.45, 2.75) is 13.0 Å². The lowest BCUT2D eigenvalue weighted by Gasteiger charge is -2.09. The van der Waals surface area contributed by atoms with Gasteiger partial charge in [-0.3, -0.25) is 8.37 Å². The van der Waals surface area contributed by atoms with E-state index in [0.29, 0.717) is 0 Å². The van der Waals surface area contributed by atoms with Crippen LogP contribution in [0.2, 0.25) is 0 Å². The van der Waals surface area contributed by atoms with E-state index in [-0.39, 0.29) is 6.10 Å². The summed E-state index contributed by atoms with van der Waals surface area (Å²) in [6.45, 7) is 1.83. The first-order valence-electron chi connectivity index (χ1n) is 3.92. The standard InChI is InChI=1S/C9H12O3S/c1-8(12-13(10)11-2)9-6-4-3-5-7-9/h3-8H,1-2H3. The summed E-state index contributed by atoms with van der Waals surface area (Å²) in [5, 5.41) is 0. The fourth-order valence-corrected chi connectivity index (χ4v) is 1.36. The molecule has 0 fully saturated rings. The predicted molar refractivity (Wildman–Crippen MR) is 51.1 cm³/mol. The number of benzene rings is 1. The van der Waals surface area contributed by atoms with E-state index in [1.165, 1.54) is 7.11 Å². The molecule has 0 amide bonds. The lowest BCUT2D eigenvalue weighted by molar-refractivity contribution is 0.214. The van der Waals surface area contributed by atoms with Crippen molar-refractivity contribution in [1.29, 1.82) is 0 Å². The van der Waals surface area contributed by atoms with Gasteiger partial charge < -0.3 is 0 Å². The molecule has 2 unspecified atom stereocenters. The molecule has 0 aliphatic carbocycles. The van der Waals surface area contributed by atoms with Crippen LogP contribution in [0.25, 0.3) is 0 Å². The second-order valence-corrected chi connectivity index (χ2v) is 3.45. The van der Waals surface area contributed by atoms with Crippen molar-refractivity contribution in [3.8, 4) is 0 Å². The van der Waals surface area contributed by atoms with Gasteiger partial charge in [-0.25, -0.2) is 0 Å². The highest BCUT2D eigenvalue weighted by Crippen LogP contribution is 2.16. The Labute approximate surface area is 80.5 Å². The van der Waals surface area contributed by atoms with Crippen LogP contribution in [0, 0.1) is 0 Å². The first-order valence-corrected chi connectivity index (χ1v) is 4.92. The molecule has 0 radical (unpaired) electrons. The minimum atomic E-state index is -1.66. The largest absolute Gasteiger partial charge is 0.304 e. The summed E-state index contributed by atoms with van der Waals surface area (Å²) in [5.74, 6) is 0. The summed E-state index contributed by atoms with van der Waals surface area (Å²) in [6.07, 6.45) is -0.220. The molecule has 0 heterocycles. The van der Waals surface area contributed by atoms with Crippen molar-refractivity contribution >= 4 is 11.4 Å². The molecule has 0 aliphatic rings. The quantitative estimate of drug-likeness (QED) is 0.745. The maximum absolute atomic E-state index is 10.9. The van der Waals surface area contributed by atoms with Gasteiger partial charge in [0.2, 0.25) is 0 Å². The Morgan fingerprint density at radius 1 is 1.31 bits per heavy atom. The predicted octanol–water partition coefficient (Wildman–Crippen LogP) is 1.99. The number of hydrogen-bond donors (Lipinski definition) is 0. The van der Waals surface area contributed by atoms with Gasteiger partial charge in [0.25, 0.3) is 0 Å². The molecule has 13 heavy (non-hydrogen) atoms. The van der Waals surface area contributed by atoms with Crippen molar-refractivity contribution < 1.29 is 12.6 Å². The second kappa shape index (κ2) is 5.11. The SMILES string of the molecule is COS(=O)OC(C)c1ccccc1. The molecule has 72 valence electrons. The van der Waals surface area contributed by atoms with Crippen LogP contribution < -0.4 is 0 Å². The third-order valence-electron chi connectivity index (χ3n) is 1.63. The van der Waals surface area contributed by atoms with Crippen LogP contribution in [-0.2, 0) is 19.7 Å². The van der Waals surface area contributed by atoms with E-state index in [4.69, 9.17) is 4.18 Å². The van der Waals surface area contributed by atoms with E-state index >= 15 is 0 Å². The van der Waals surface area contributed by atoms with Crippen LogP contribution in [0.15, 0.2) is 30.3 Å². The highest BCUT2D eigenvalue weighted by atomic mass is 32.2. The molecule has 0 aromatic heterocycles. The van der Waals surface area contributed by atoms with Crippen LogP contribution in [-0.4, -0.2) is 11.3 Å². The zero-order valence-electron chi connectivity index (χ0n) is 7.60. The monoisotopic (exact) mass is 200 g/mol. The van der Waals surface area contributed by atoms with E-state index < -0.39 is 11.4 Å². The Hall–Kier alpha value is -0.710. The molecular formula is C9H12O3S. The molecule has 2 atom stereocenters. The highest BCUT2D eigenvalue weighted by Gasteiger charge is 2.08. The van der Waals surface area contributed by atoms with E-state index in [9.17, 15) is 4.21 Å². The number of rotatable bonds is 4. The molecule has 1 aromatic carbocycles. The first kappa shape index (κ1) is 10.4. The van der Waals surface area contributed by atoms with E-state index in [0.717, 1.165) is 5.56 Å². The van der Waals surface area contributed by atoms with Gasteiger partial charge in [-0.2, -0.15) is 4.21 Å². The Morgan fingerprint density at radius 3 is 2.46 bits per heavy atom. The third kappa shape index (κ3) is 3.26. The molecule has 4 heteroatoms. The molecule has 3 nitrogen and oxygen atoms in total. The normalized spacial score (nSPS) is 15.2. The Kier molecular flexibility index (Phi) is 4.08. The van der Waals surface area contributed by atoms with Gasteiger partial charge in [-0.1, -0.05) is 30.3 Å². The fourth-order valence-electron chi connectivity index (χ4n) is 0.937. The minimum Gasteiger partial charge on any atom is -0.272 e. The molecule has 0 spiro atoms. The van der Waals surface area contributed by atoms with Crippen LogP contribution >= 0.6 is 0 Å². The molecule has 0 aliphatic heterocycles. The summed E-state index contributed by atoms with van der Waals surface area (Å²) in [4.78, 5) is 0. The second-order valence-electron chi connectivity index (χ2n) is 2.52. The van der Waals surface area contributed by atoms with Crippen LogP contribution in [0.3, 0.4) is 0 Å². The van der Waals surface area contributed by atoms with Crippen LogP contribution in [0.4, 0.5) is 0 Å². The minimum absolute atomic E-state index is 0.220. The van der Waals surface area contributed by atoms with Gasteiger partial charge >= 0.3 is 11.4 Å². The molecule has 0 bridgehead atoms. The van der Waals surface area contributed by atoms with Gasteiger partial charge in [0.1, 0.15) is 0 Å². The van der Waals surface area contributed by atoms with Gasteiger partial charge in [-0.15, -0.1) is 0 Å². The van der Waals surface area contributed by atoms with Gasteiger partial charge in [0.15, 0.2) is 0 Å². The average molecular weight is 200 g/mol. The van der Waals surface area contributed by atoms with Crippen molar-refractivity contribution in [3.63, 3.8) is 0 Å². The van der Waals surface area contributed by atoms with Gasteiger partial charge in [0, 0.05) is 0 Å². The average Bonchev–Trinajstić information content (AvgIpc) is 2.19. The molecule has 1 rings (SSSR count). The van der Waals surface area contributed by atoms with E-state index in [1.54, 1.807) is 0 Å². The molecule has 0 N–H and O–H groups in total. The van der Waals surface area contributed by atoms with Crippen molar-refractivity contribution in [2.75, 3.05) is 7.11 Å². The molecule has 0 saturated carbocycles. The molecule has 1 aromatic rings. The van der Waals surface area contributed by atoms with Gasteiger partial charge in [-0.05, 0) is 12.5 Å². The zero-order valence-corrected chi connectivity index (χ0v) is 8.41. The van der Waals surface area contributed by atoms with Crippen molar-refractivity contribution in [3.05, 3.63) is 35.9 Å². The maximum atomic E-state index is 10.9. The summed E-state index contributed by atoms with van der Waals surface area (Å²) in [7, 11) is 1.34. The summed E-state index contributed by atoms with van der Waals surface area (Å²) >= 11 is -1.66. The lowest BCUT2D eigenvalue weighted by Crippen LogP contribution is -2.04. The molecular weight excluding hydrogens is 188 g/mol. The number of hydrogen-bond acceptors (Lipinski definition) is 3. The first-order chi connectivity index (χ1) is 6.24. The van der Waals surface area contributed by atoms with Crippen molar-refractivity contribution in [1.82, 2.24) is 0 Å². The Balaban J connectivity index is 2.59. The lowest BCUT2D eigenvalue weighted by atomic mass is 10.1.